The Morgan fingerprint density at radius 1 is 1.14 bits per heavy atom. The molecule has 0 bridgehead atoms. The average Bonchev–Trinajstić information content (AvgIpc) is 2.75. The Kier molecular flexibility index (Phi) is 2.94. The van der Waals surface area contributed by atoms with Gasteiger partial charge in [-0.3, -0.25) is 4.57 Å². The van der Waals surface area contributed by atoms with E-state index in [9.17, 15) is 13.6 Å². The van der Waals surface area contributed by atoms with Crippen LogP contribution in [0.3, 0.4) is 0 Å². The molecule has 3 aromatic rings. The Labute approximate surface area is 118 Å². The molecule has 0 fully saturated rings. The number of carboxylic acids is 1. The molecule has 6 heteroatoms. The number of para-hydroxylation sites is 2. The van der Waals surface area contributed by atoms with Crippen LogP contribution in [-0.4, -0.2) is 20.6 Å². The van der Waals surface area contributed by atoms with E-state index < -0.39 is 17.6 Å². The summed E-state index contributed by atoms with van der Waals surface area (Å²) in [5, 5.41) is 9.17. The van der Waals surface area contributed by atoms with Gasteiger partial charge in [-0.05, 0) is 31.2 Å². The number of fused-ring (bicyclic) bond motifs is 1. The van der Waals surface area contributed by atoms with Crippen LogP contribution in [0.25, 0.3) is 16.7 Å². The number of hydrogen-bond donors (Lipinski definition) is 1. The second-order valence-electron chi connectivity index (χ2n) is 4.54. The largest absolute Gasteiger partial charge is 0.478 e. The van der Waals surface area contributed by atoms with E-state index in [0.717, 1.165) is 12.1 Å². The second-order valence-corrected chi connectivity index (χ2v) is 4.54. The Hall–Kier alpha value is -2.76. The highest BCUT2D eigenvalue weighted by atomic mass is 19.1. The van der Waals surface area contributed by atoms with Gasteiger partial charge in [-0.15, -0.1) is 0 Å². The lowest BCUT2D eigenvalue weighted by Gasteiger charge is -2.09. The van der Waals surface area contributed by atoms with Gasteiger partial charge in [0.15, 0.2) is 0 Å². The fourth-order valence-electron chi connectivity index (χ4n) is 2.37. The third-order valence-electron chi connectivity index (χ3n) is 3.24. The molecule has 21 heavy (non-hydrogen) atoms. The highest BCUT2D eigenvalue weighted by Crippen LogP contribution is 2.27. The van der Waals surface area contributed by atoms with E-state index in [4.69, 9.17) is 5.11 Å². The molecule has 0 atom stereocenters. The molecule has 0 saturated heterocycles. The number of imidazole rings is 1. The zero-order valence-corrected chi connectivity index (χ0v) is 11.0. The quantitative estimate of drug-likeness (QED) is 0.787. The van der Waals surface area contributed by atoms with E-state index in [1.54, 1.807) is 13.0 Å². The van der Waals surface area contributed by atoms with Gasteiger partial charge in [0, 0.05) is 0 Å². The standard InChI is InChI=1S/C15H10F2N2O2/c1-8-18-13-9(15(20)21)4-2-7-12(13)19(8)14-10(16)5-3-6-11(14)17/h2-7H,1H3,(H,20,21). The van der Waals surface area contributed by atoms with Crippen molar-refractivity contribution in [2.75, 3.05) is 0 Å². The van der Waals surface area contributed by atoms with E-state index in [0.29, 0.717) is 11.3 Å². The van der Waals surface area contributed by atoms with Crippen molar-refractivity contribution >= 4 is 17.0 Å². The van der Waals surface area contributed by atoms with Crippen LogP contribution < -0.4 is 0 Å². The van der Waals surface area contributed by atoms with Crippen LogP contribution in [0.1, 0.15) is 16.2 Å². The van der Waals surface area contributed by atoms with Gasteiger partial charge in [-0.2, -0.15) is 0 Å². The maximum Gasteiger partial charge on any atom is 0.337 e. The van der Waals surface area contributed by atoms with Crippen LogP contribution in [0.5, 0.6) is 0 Å². The summed E-state index contributed by atoms with van der Waals surface area (Å²) in [6.45, 7) is 1.57. The average molecular weight is 288 g/mol. The van der Waals surface area contributed by atoms with Crippen LogP contribution in [-0.2, 0) is 0 Å². The zero-order valence-electron chi connectivity index (χ0n) is 11.0. The predicted octanol–water partition coefficient (Wildman–Crippen LogP) is 3.31. The maximum absolute atomic E-state index is 14.0. The van der Waals surface area contributed by atoms with E-state index in [-0.39, 0.29) is 16.8 Å². The number of halogens is 2. The van der Waals surface area contributed by atoms with Crippen molar-refractivity contribution in [2.45, 2.75) is 6.92 Å². The van der Waals surface area contributed by atoms with Crippen LogP contribution in [0.2, 0.25) is 0 Å². The van der Waals surface area contributed by atoms with Gasteiger partial charge in [0.05, 0.1) is 11.1 Å². The number of aromatic nitrogens is 2. The third-order valence-corrected chi connectivity index (χ3v) is 3.24. The topological polar surface area (TPSA) is 55.1 Å². The summed E-state index contributed by atoms with van der Waals surface area (Å²) in [5.41, 5.74) is 0.271. The minimum atomic E-state index is -1.14. The van der Waals surface area contributed by atoms with E-state index in [2.05, 4.69) is 4.98 Å². The van der Waals surface area contributed by atoms with Gasteiger partial charge in [0.2, 0.25) is 0 Å². The number of aryl methyl sites for hydroxylation is 1. The van der Waals surface area contributed by atoms with Crippen LogP contribution in [0, 0.1) is 18.6 Å². The van der Waals surface area contributed by atoms with Crippen LogP contribution >= 0.6 is 0 Å². The van der Waals surface area contributed by atoms with Gasteiger partial charge in [-0.25, -0.2) is 18.6 Å². The highest BCUT2D eigenvalue weighted by Gasteiger charge is 2.19. The van der Waals surface area contributed by atoms with Gasteiger partial charge >= 0.3 is 5.97 Å². The smallest absolute Gasteiger partial charge is 0.337 e. The lowest BCUT2D eigenvalue weighted by Crippen LogP contribution is -2.03. The summed E-state index contributed by atoms with van der Waals surface area (Å²) < 4.78 is 29.2. The molecule has 0 radical (unpaired) electrons. The normalized spacial score (nSPS) is 11.0. The third kappa shape index (κ3) is 1.96. The molecule has 3 rings (SSSR count). The number of nitrogens with zero attached hydrogens (tertiary/aromatic N) is 2. The molecule has 0 aliphatic carbocycles. The Morgan fingerprint density at radius 3 is 2.38 bits per heavy atom. The molecule has 0 aliphatic rings. The molecule has 0 unspecified atom stereocenters. The van der Waals surface area contributed by atoms with Crippen molar-refractivity contribution in [1.29, 1.82) is 0 Å². The molecule has 0 aliphatic heterocycles. The molecule has 1 N–H and O–H groups in total. The fraction of sp³-hybridized carbons (Fsp3) is 0.0667. The van der Waals surface area contributed by atoms with Gasteiger partial charge < -0.3 is 5.11 Å². The number of aromatic carboxylic acids is 1. The fourth-order valence-corrected chi connectivity index (χ4v) is 2.37. The molecular formula is C15H10F2N2O2. The van der Waals surface area contributed by atoms with Crippen molar-refractivity contribution < 1.29 is 18.7 Å². The monoisotopic (exact) mass is 288 g/mol. The number of rotatable bonds is 2. The molecule has 1 aromatic heterocycles. The first-order valence-electron chi connectivity index (χ1n) is 6.16. The summed E-state index contributed by atoms with van der Waals surface area (Å²) in [6, 6.07) is 8.05. The lowest BCUT2D eigenvalue weighted by molar-refractivity contribution is 0.0699. The van der Waals surface area contributed by atoms with Crippen LogP contribution in [0.15, 0.2) is 36.4 Å². The van der Waals surface area contributed by atoms with Gasteiger partial charge in [0.1, 0.15) is 28.7 Å². The number of benzene rings is 2. The van der Waals surface area contributed by atoms with E-state index >= 15 is 0 Å². The van der Waals surface area contributed by atoms with Crippen molar-refractivity contribution in [3.05, 3.63) is 59.4 Å². The van der Waals surface area contributed by atoms with E-state index in [1.807, 2.05) is 0 Å². The zero-order chi connectivity index (χ0) is 15.1. The number of hydrogen-bond acceptors (Lipinski definition) is 2. The van der Waals surface area contributed by atoms with Gasteiger partial charge in [0.25, 0.3) is 0 Å². The Balaban J connectivity index is 2.42. The molecule has 0 spiro atoms. The summed E-state index contributed by atoms with van der Waals surface area (Å²) >= 11 is 0. The molecule has 0 amide bonds. The predicted molar refractivity (Wildman–Crippen MR) is 72.7 cm³/mol. The summed E-state index contributed by atoms with van der Waals surface area (Å²) in [4.78, 5) is 15.4. The van der Waals surface area contributed by atoms with E-state index in [1.165, 1.54) is 22.8 Å². The first-order valence-corrected chi connectivity index (χ1v) is 6.16. The van der Waals surface area contributed by atoms with Crippen molar-refractivity contribution in [1.82, 2.24) is 9.55 Å². The Bertz CT molecular complexity index is 851. The molecule has 4 nitrogen and oxygen atoms in total. The molecular weight excluding hydrogens is 278 g/mol. The first-order chi connectivity index (χ1) is 10.0. The highest BCUT2D eigenvalue weighted by molar-refractivity contribution is 6.01. The van der Waals surface area contributed by atoms with Crippen LogP contribution in [0.4, 0.5) is 8.78 Å². The van der Waals surface area contributed by atoms with Crippen molar-refractivity contribution in [3.8, 4) is 5.69 Å². The summed E-state index contributed by atoms with van der Waals surface area (Å²) in [6.07, 6.45) is 0. The molecule has 0 saturated carbocycles. The van der Waals surface area contributed by atoms with Gasteiger partial charge in [-0.1, -0.05) is 12.1 Å². The lowest BCUT2D eigenvalue weighted by atomic mass is 10.2. The minimum absolute atomic E-state index is 0.00824. The minimum Gasteiger partial charge on any atom is -0.478 e. The number of carbonyl (C=O) groups is 1. The summed E-state index contributed by atoms with van der Waals surface area (Å²) in [7, 11) is 0. The summed E-state index contributed by atoms with van der Waals surface area (Å²) in [5.74, 6) is -2.31. The SMILES string of the molecule is Cc1nc2c(C(=O)O)cccc2n1-c1c(F)cccc1F. The van der Waals surface area contributed by atoms with Crippen molar-refractivity contribution in [3.63, 3.8) is 0 Å². The molecule has 2 aromatic carbocycles. The molecule has 1 heterocycles. The maximum atomic E-state index is 14.0. The van der Waals surface area contributed by atoms with Crippen molar-refractivity contribution in [2.24, 2.45) is 0 Å². The Morgan fingerprint density at radius 2 is 1.76 bits per heavy atom. The number of carboxylic acid groups (broad SMARTS) is 1. The second kappa shape index (κ2) is 4.66. The first kappa shape index (κ1) is 13.2. The molecule has 106 valence electrons.